The fourth-order valence-electron chi connectivity index (χ4n) is 2.29. The van der Waals surface area contributed by atoms with E-state index in [0.29, 0.717) is 16.0 Å². The number of carbonyl (C=O) groups is 1. The number of sulfonamides is 1. The van der Waals surface area contributed by atoms with Crippen molar-refractivity contribution in [1.82, 2.24) is 4.31 Å². The lowest BCUT2D eigenvalue weighted by Crippen LogP contribution is -2.36. The minimum atomic E-state index is -3.70. The first-order valence-corrected chi connectivity index (χ1v) is 8.91. The zero-order valence-electron chi connectivity index (χ0n) is 12.1. The Morgan fingerprint density at radius 2 is 2.00 bits per heavy atom. The number of aromatic carboxylic acids is 1. The molecule has 1 atom stereocenters. The number of carboxylic acid groups (broad SMARTS) is 1. The van der Waals surface area contributed by atoms with E-state index in [1.54, 1.807) is 14.0 Å². The highest BCUT2D eigenvalue weighted by atomic mass is 79.9. The number of hydrogen-bond donors (Lipinski definition) is 1. The number of rotatable bonds is 5. The molecule has 0 radical (unpaired) electrons. The summed E-state index contributed by atoms with van der Waals surface area (Å²) in [5, 5.41) is 9.20. The first-order chi connectivity index (χ1) is 9.66. The van der Waals surface area contributed by atoms with Crippen LogP contribution in [0.15, 0.2) is 21.5 Å². The Morgan fingerprint density at radius 1 is 1.43 bits per heavy atom. The monoisotopic (exact) mass is 375 g/mol. The lowest BCUT2D eigenvalue weighted by Gasteiger charge is -2.24. The third-order valence-corrected chi connectivity index (χ3v) is 6.85. The molecule has 0 aromatic heterocycles. The van der Waals surface area contributed by atoms with Crippen molar-refractivity contribution in [2.75, 3.05) is 7.05 Å². The zero-order chi connectivity index (χ0) is 15.9. The molecule has 2 rings (SSSR count). The van der Waals surface area contributed by atoms with Gasteiger partial charge in [-0.3, -0.25) is 0 Å². The topological polar surface area (TPSA) is 74.7 Å². The molecule has 1 aliphatic carbocycles. The Bertz CT molecular complexity index is 682. The molecule has 7 heteroatoms. The number of nitrogens with zero attached hydrogens (tertiary/aromatic N) is 1. The first-order valence-electron chi connectivity index (χ1n) is 6.67. The van der Waals surface area contributed by atoms with Crippen LogP contribution in [0.3, 0.4) is 0 Å². The molecule has 0 spiro atoms. The van der Waals surface area contributed by atoms with E-state index in [9.17, 15) is 18.3 Å². The molecule has 1 N–H and O–H groups in total. The summed E-state index contributed by atoms with van der Waals surface area (Å²) < 4.78 is 27.1. The number of benzene rings is 1. The second-order valence-corrected chi connectivity index (χ2v) is 8.33. The van der Waals surface area contributed by atoms with E-state index in [0.717, 1.165) is 12.8 Å². The molecule has 0 saturated heterocycles. The smallest absolute Gasteiger partial charge is 0.336 e. The third kappa shape index (κ3) is 3.14. The van der Waals surface area contributed by atoms with Crippen LogP contribution in [-0.4, -0.2) is 36.9 Å². The Morgan fingerprint density at radius 3 is 2.48 bits per heavy atom. The second-order valence-electron chi connectivity index (χ2n) is 5.48. The highest BCUT2D eigenvalue weighted by molar-refractivity contribution is 9.10. The van der Waals surface area contributed by atoms with Gasteiger partial charge >= 0.3 is 5.97 Å². The van der Waals surface area contributed by atoms with Gasteiger partial charge in [0.15, 0.2) is 0 Å². The molecule has 5 nitrogen and oxygen atoms in total. The summed E-state index contributed by atoms with van der Waals surface area (Å²) in [6.07, 6.45) is 2.08. The van der Waals surface area contributed by atoms with Gasteiger partial charge in [0.05, 0.1) is 10.5 Å². The van der Waals surface area contributed by atoms with E-state index in [4.69, 9.17) is 0 Å². The van der Waals surface area contributed by atoms with Crippen molar-refractivity contribution in [1.29, 1.82) is 0 Å². The van der Waals surface area contributed by atoms with Gasteiger partial charge in [0.1, 0.15) is 0 Å². The fourth-order valence-corrected chi connectivity index (χ4v) is 4.37. The van der Waals surface area contributed by atoms with Crippen molar-refractivity contribution in [3.8, 4) is 0 Å². The van der Waals surface area contributed by atoms with Crippen molar-refractivity contribution in [2.24, 2.45) is 5.92 Å². The van der Waals surface area contributed by atoms with Gasteiger partial charge in [0, 0.05) is 17.6 Å². The molecule has 0 bridgehead atoms. The maximum absolute atomic E-state index is 12.7. The SMILES string of the molecule is Cc1c(Br)cc(S(=O)(=O)N(C)C(C)C2CC2)cc1C(=O)O. The summed E-state index contributed by atoms with van der Waals surface area (Å²) in [6.45, 7) is 3.52. The average Bonchev–Trinajstić information content (AvgIpc) is 3.23. The lowest BCUT2D eigenvalue weighted by molar-refractivity contribution is 0.0695. The number of carboxylic acids is 1. The normalized spacial score (nSPS) is 17.0. The van der Waals surface area contributed by atoms with Gasteiger partial charge in [0.25, 0.3) is 0 Å². The van der Waals surface area contributed by atoms with Crippen LogP contribution in [0.1, 0.15) is 35.7 Å². The summed E-state index contributed by atoms with van der Waals surface area (Å²) in [5.41, 5.74) is 0.509. The third-order valence-electron chi connectivity index (χ3n) is 4.10. The average molecular weight is 376 g/mol. The molecule has 0 aliphatic heterocycles. The predicted octanol–water partition coefficient (Wildman–Crippen LogP) is 2.87. The summed E-state index contributed by atoms with van der Waals surface area (Å²) in [5.74, 6) is -0.735. The van der Waals surface area contributed by atoms with Crippen molar-refractivity contribution in [3.05, 3.63) is 27.7 Å². The van der Waals surface area contributed by atoms with Crippen molar-refractivity contribution < 1.29 is 18.3 Å². The van der Waals surface area contributed by atoms with Crippen LogP contribution in [0, 0.1) is 12.8 Å². The quantitative estimate of drug-likeness (QED) is 0.858. The van der Waals surface area contributed by atoms with Crippen LogP contribution >= 0.6 is 15.9 Å². The van der Waals surface area contributed by atoms with E-state index < -0.39 is 16.0 Å². The van der Waals surface area contributed by atoms with Crippen molar-refractivity contribution in [3.63, 3.8) is 0 Å². The highest BCUT2D eigenvalue weighted by Crippen LogP contribution is 2.37. The minimum absolute atomic E-state index is 0.00424. The van der Waals surface area contributed by atoms with Gasteiger partial charge in [-0.15, -0.1) is 0 Å². The maximum atomic E-state index is 12.7. The van der Waals surface area contributed by atoms with Gasteiger partial charge in [0.2, 0.25) is 10.0 Å². The minimum Gasteiger partial charge on any atom is -0.478 e. The standard InChI is InChI=1S/C14H18BrNO4S/c1-8-12(14(17)18)6-11(7-13(8)15)21(19,20)16(3)9(2)10-4-5-10/h6-7,9-10H,4-5H2,1-3H3,(H,17,18). The maximum Gasteiger partial charge on any atom is 0.336 e. The molecule has 1 saturated carbocycles. The molecular weight excluding hydrogens is 358 g/mol. The molecule has 0 heterocycles. The Labute approximate surface area is 133 Å². The van der Waals surface area contributed by atoms with E-state index in [2.05, 4.69) is 15.9 Å². The van der Waals surface area contributed by atoms with Gasteiger partial charge in [-0.2, -0.15) is 4.31 Å². The van der Waals surface area contributed by atoms with Crippen LogP contribution in [0.2, 0.25) is 0 Å². The number of hydrogen-bond acceptors (Lipinski definition) is 3. The molecule has 116 valence electrons. The summed E-state index contributed by atoms with van der Waals surface area (Å²) in [7, 11) is -2.15. The molecule has 1 fully saturated rings. The Hall–Kier alpha value is -0.920. The van der Waals surface area contributed by atoms with E-state index in [1.165, 1.54) is 16.4 Å². The van der Waals surface area contributed by atoms with Gasteiger partial charge < -0.3 is 5.11 Å². The summed E-state index contributed by atoms with van der Waals surface area (Å²) in [6, 6.07) is 2.62. The fraction of sp³-hybridized carbons (Fsp3) is 0.500. The summed E-state index contributed by atoms with van der Waals surface area (Å²) in [4.78, 5) is 11.3. The van der Waals surface area contributed by atoms with E-state index >= 15 is 0 Å². The second kappa shape index (κ2) is 5.70. The summed E-state index contributed by atoms with van der Waals surface area (Å²) >= 11 is 3.24. The first kappa shape index (κ1) is 16.5. The van der Waals surface area contributed by atoms with Gasteiger partial charge in [-0.25, -0.2) is 13.2 Å². The molecule has 1 unspecified atom stereocenters. The lowest BCUT2D eigenvalue weighted by atomic mass is 10.1. The molecular formula is C14H18BrNO4S. The van der Waals surface area contributed by atoms with Crippen LogP contribution in [0.4, 0.5) is 0 Å². The molecule has 1 aromatic carbocycles. The van der Waals surface area contributed by atoms with Gasteiger partial charge in [-0.05, 0) is 50.3 Å². The molecule has 1 aromatic rings. The Balaban J connectivity index is 2.47. The highest BCUT2D eigenvalue weighted by Gasteiger charge is 2.36. The Kier molecular flexibility index (Phi) is 4.46. The molecule has 0 amide bonds. The van der Waals surface area contributed by atoms with E-state index in [1.807, 2.05) is 6.92 Å². The number of halogens is 1. The van der Waals surface area contributed by atoms with Crippen molar-refractivity contribution >= 4 is 31.9 Å². The van der Waals surface area contributed by atoms with Gasteiger partial charge in [-0.1, -0.05) is 15.9 Å². The predicted molar refractivity (Wildman–Crippen MR) is 83.0 cm³/mol. The van der Waals surface area contributed by atoms with Crippen molar-refractivity contribution in [2.45, 2.75) is 37.6 Å². The van der Waals surface area contributed by atoms with E-state index in [-0.39, 0.29) is 16.5 Å². The molecule has 21 heavy (non-hydrogen) atoms. The molecule has 1 aliphatic rings. The van der Waals surface area contributed by atoms with Crippen LogP contribution < -0.4 is 0 Å². The van der Waals surface area contributed by atoms with Crippen LogP contribution in [-0.2, 0) is 10.0 Å². The van der Waals surface area contributed by atoms with Crippen LogP contribution in [0.25, 0.3) is 0 Å². The largest absolute Gasteiger partial charge is 0.478 e. The zero-order valence-corrected chi connectivity index (χ0v) is 14.5. The van der Waals surface area contributed by atoms with Crippen LogP contribution in [0.5, 0.6) is 0 Å².